The van der Waals surface area contributed by atoms with Crippen LogP contribution < -0.4 is 10.0 Å². The third kappa shape index (κ3) is 3.25. The smallest absolute Gasteiger partial charge is 0.243 e. The Hall–Kier alpha value is -0.690. The molecule has 2 atom stereocenters. The Kier molecular flexibility index (Phi) is 4.15. The molecule has 0 aliphatic heterocycles. The molecular weight excluding hydrogens is 291 g/mol. The van der Waals surface area contributed by atoms with Crippen molar-refractivity contribution in [1.82, 2.24) is 10.0 Å². The molecular formula is C12H16ClFN2O2S. The summed E-state index contributed by atoms with van der Waals surface area (Å²) in [7, 11) is -2.21. The largest absolute Gasteiger partial charge is 0.316 e. The van der Waals surface area contributed by atoms with E-state index in [0.29, 0.717) is 5.92 Å². The molecule has 1 aliphatic rings. The normalized spacial score (nSPS) is 22.5. The van der Waals surface area contributed by atoms with Gasteiger partial charge < -0.3 is 5.32 Å². The van der Waals surface area contributed by atoms with Crippen LogP contribution in [0.4, 0.5) is 4.39 Å². The van der Waals surface area contributed by atoms with Crippen molar-refractivity contribution in [3.8, 4) is 0 Å². The van der Waals surface area contributed by atoms with Crippen LogP contribution in [-0.4, -0.2) is 21.5 Å². The van der Waals surface area contributed by atoms with Crippen molar-refractivity contribution in [2.75, 3.05) is 7.05 Å². The lowest BCUT2D eigenvalue weighted by Gasteiger charge is -2.11. The molecule has 1 saturated carbocycles. The summed E-state index contributed by atoms with van der Waals surface area (Å²) in [6.45, 7) is 2.16. The summed E-state index contributed by atoms with van der Waals surface area (Å²) in [6.07, 6.45) is 0.783. The minimum absolute atomic E-state index is 0.101. The summed E-state index contributed by atoms with van der Waals surface area (Å²) in [6, 6.07) is 2.47. The van der Waals surface area contributed by atoms with Gasteiger partial charge >= 0.3 is 0 Å². The van der Waals surface area contributed by atoms with E-state index in [2.05, 4.69) is 10.0 Å². The molecule has 0 spiro atoms. The predicted molar refractivity (Wildman–Crippen MR) is 72.1 cm³/mol. The van der Waals surface area contributed by atoms with Gasteiger partial charge in [0.25, 0.3) is 0 Å². The highest BCUT2D eigenvalue weighted by molar-refractivity contribution is 7.89. The summed E-state index contributed by atoms with van der Waals surface area (Å²) >= 11 is 5.86. The molecule has 2 N–H and O–H groups in total. The van der Waals surface area contributed by atoms with E-state index in [-0.39, 0.29) is 28.1 Å². The number of hydrogen-bond donors (Lipinski definition) is 2. The lowest BCUT2D eigenvalue weighted by Crippen LogP contribution is -2.28. The van der Waals surface area contributed by atoms with Crippen LogP contribution in [0, 0.1) is 11.7 Å². The molecule has 0 aromatic heterocycles. The lowest BCUT2D eigenvalue weighted by atomic mass is 10.2. The fraction of sp³-hybridized carbons (Fsp3) is 0.500. The van der Waals surface area contributed by atoms with Crippen molar-refractivity contribution >= 4 is 21.6 Å². The van der Waals surface area contributed by atoms with E-state index < -0.39 is 15.8 Å². The van der Waals surface area contributed by atoms with E-state index in [1.807, 2.05) is 6.92 Å². The van der Waals surface area contributed by atoms with Gasteiger partial charge in [0.05, 0.1) is 0 Å². The summed E-state index contributed by atoms with van der Waals surface area (Å²) in [5.74, 6) is -0.451. The minimum atomic E-state index is -3.86. The van der Waals surface area contributed by atoms with Crippen molar-refractivity contribution in [3.63, 3.8) is 0 Å². The van der Waals surface area contributed by atoms with Crippen LogP contribution in [0.3, 0.4) is 0 Å². The molecule has 4 nitrogen and oxygen atoms in total. The van der Waals surface area contributed by atoms with Gasteiger partial charge in [-0.1, -0.05) is 18.5 Å². The summed E-state index contributed by atoms with van der Waals surface area (Å²) < 4.78 is 40.9. The topological polar surface area (TPSA) is 58.2 Å². The fourth-order valence-electron chi connectivity index (χ4n) is 1.88. The Morgan fingerprint density at radius 2 is 2.11 bits per heavy atom. The Balaban J connectivity index is 2.37. The molecule has 2 unspecified atom stereocenters. The van der Waals surface area contributed by atoms with Gasteiger partial charge in [-0.15, -0.1) is 0 Å². The van der Waals surface area contributed by atoms with Gasteiger partial charge in [0.2, 0.25) is 10.0 Å². The number of benzene rings is 1. The highest BCUT2D eigenvalue weighted by Crippen LogP contribution is 2.32. The number of rotatable bonds is 5. The van der Waals surface area contributed by atoms with E-state index in [9.17, 15) is 12.8 Å². The highest BCUT2D eigenvalue weighted by atomic mass is 35.5. The first kappa shape index (κ1) is 14.7. The third-order valence-electron chi connectivity index (χ3n) is 3.15. The maximum Gasteiger partial charge on any atom is 0.243 e. The van der Waals surface area contributed by atoms with Crippen molar-refractivity contribution in [2.45, 2.75) is 30.8 Å². The molecule has 0 bridgehead atoms. The molecule has 0 heterocycles. The maximum atomic E-state index is 14.2. The first-order valence-electron chi connectivity index (χ1n) is 6.00. The van der Waals surface area contributed by atoms with Gasteiger partial charge in [0, 0.05) is 23.2 Å². The number of halogens is 2. The Bertz CT molecular complexity index is 592. The van der Waals surface area contributed by atoms with Gasteiger partial charge in [0.1, 0.15) is 10.7 Å². The molecule has 1 fully saturated rings. The second kappa shape index (κ2) is 5.36. The van der Waals surface area contributed by atoms with Gasteiger partial charge in [-0.3, -0.25) is 0 Å². The van der Waals surface area contributed by atoms with Crippen LogP contribution in [-0.2, 0) is 16.6 Å². The first-order chi connectivity index (χ1) is 8.85. The van der Waals surface area contributed by atoms with Gasteiger partial charge in [-0.05, 0) is 31.5 Å². The predicted octanol–water partition coefficient (Wildman–Crippen LogP) is 1.89. The SMILES string of the molecule is CNCc1cc(Cl)cc(S(=O)(=O)NC2CC2C)c1F. The molecule has 1 aromatic rings. The minimum Gasteiger partial charge on any atom is -0.316 e. The summed E-state index contributed by atoms with van der Waals surface area (Å²) in [4.78, 5) is -0.385. The van der Waals surface area contributed by atoms with Crippen molar-refractivity contribution in [2.24, 2.45) is 5.92 Å². The quantitative estimate of drug-likeness (QED) is 0.873. The van der Waals surface area contributed by atoms with Crippen LogP contribution in [0.25, 0.3) is 0 Å². The zero-order valence-electron chi connectivity index (χ0n) is 10.7. The monoisotopic (exact) mass is 306 g/mol. The van der Waals surface area contributed by atoms with E-state index in [4.69, 9.17) is 11.6 Å². The molecule has 106 valence electrons. The van der Waals surface area contributed by atoms with Gasteiger partial charge in [0.15, 0.2) is 0 Å². The maximum absolute atomic E-state index is 14.2. The zero-order valence-corrected chi connectivity index (χ0v) is 12.3. The van der Waals surface area contributed by atoms with Crippen molar-refractivity contribution in [3.05, 3.63) is 28.5 Å². The molecule has 2 rings (SSSR count). The molecule has 1 aliphatic carbocycles. The number of hydrogen-bond acceptors (Lipinski definition) is 3. The first-order valence-corrected chi connectivity index (χ1v) is 7.86. The third-order valence-corrected chi connectivity index (χ3v) is 4.86. The summed E-state index contributed by atoms with van der Waals surface area (Å²) in [5, 5.41) is 2.98. The van der Waals surface area contributed by atoms with Crippen molar-refractivity contribution < 1.29 is 12.8 Å². The molecule has 0 amide bonds. The van der Waals surface area contributed by atoms with Crippen molar-refractivity contribution in [1.29, 1.82) is 0 Å². The number of nitrogens with one attached hydrogen (secondary N) is 2. The van der Waals surface area contributed by atoms with Crippen LogP contribution >= 0.6 is 11.6 Å². The van der Waals surface area contributed by atoms with E-state index >= 15 is 0 Å². The number of sulfonamides is 1. The summed E-state index contributed by atoms with van der Waals surface area (Å²) in [5.41, 5.74) is 0.235. The second-order valence-corrected chi connectivity index (χ2v) is 6.97. The van der Waals surface area contributed by atoms with Crippen LogP contribution in [0.2, 0.25) is 5.02 Å². The Morgan fingerprint density at radius 1 is 1.47 bits per heavy atom. The lowest BCUT2D eigenvalue weighted by molar-refractivity contribution is 0.544. The Labute approximate surface area is 117 Å². The van der Waals surface area contributed by atoms with E-state index in [0.717, 1.165) is 12.5 Å². The average Bonchev–Trinajstić information content (AvgIpc) is 2.98. The van der Waals surface area contributed by atoms with Crippen LogP contribution in [0.15, 0.2) is 17.0 Å². The standard InChI is InChI=1S/C12H16ClFN2O2S/c1-7-3-10(7)16-19(17,18)11-5-9(13)4-8(6-15-2)12(11)14/h4-5,7,10,15-16H,3,6H2,1-2H3. The molecule has 0 saturated heterocycles. The fourth-order valence-corrected chi connectivity index (χ4v) is 3.69. The van der Waals surface area contributed by atoms with E-state index in [1.165, 1.54) is 6.07 Å². The van der Waals surface area contributed by atoms with Crippen LogP contribution in [0.5, 0.6) is 0 Å². The van der Waals surface area contributed by atoms with Gasteiger partial charge in [-0.2, -0.15) is 0 Å². The molecule has 1 aromatic carbocycles. The molecule has 0 radical (unpaired) electrons. The molecule has 7 heteroatoms. The average molecular weight is 307 g/mol. The van der Waals surface area contributed by atoms with E-state index in [1.54, 1.807) is 7.05 Å². The Morgan fingerprint density at radius 3 is 2.63 bits per heavy atom. The highest BCUT2D eigenvalue weighted by Gasteiger charge is 2.37. The zero-order chi connectivity index (χ0) is 14.2. The van der Waals surface area contributed by atoms with Crippen LogP contribution in [0.1, 0.15) is 18.9 Å². The second-order valence-electron chi connectivity index (χ2n) is 4.85. The molecule has 19 heavy (non-hydrogen) atoms. The van der Waals surface area contributed by atoms with Gasteiger partial charge in [-0.25, -0.2) is 17.5 Å².